The Hall–Kier alpha value is -3.71. The smallest absolute Gasteiger partial charge is 0.255 e. The van der Waals surface area contributed by atoms with E-state index in [9.17, 15) is 4.79 Å². The highest BCUT2D eigenvalue weighted by atomic mass is 35.5. The van der Waals surface area contributed by atoms with Gasteiger partial charge in [0.15, 0.2) is 11.5 Å². The van der Waals surface area contributed by atoms with E-state index in [2.05, 4.69) is 15.3 Å². The van der Waals surface area contributed by atoms with Crippen LogP contribution in [0.2, 0.25) is 0 Å². The summed E-state index contributed by atoms with van der Waals surface area (Å²) in [6.45, 7) is 1.18. The van der Waals surface area contributed by atoms with Gasteiger partial charge in [-0.25, -0.2) is 4.98 Å². The van der Waals surface area contributed by atoms with E-state index in [1.807, 2.05) is 30.5 Å². The van der Waals surface area contributed by atoms with Crippen molar-refractivity contribution in [3.63, 3.8) is 0 Å². The number of fused-ring (bicyclic) bond motifs is 2. The number of H-pyrrole nitrogens is 1. The van der Waals surface area contributed by atoms with E-state index >= 15 is 0 Å². The number of hydrogen-bond acceptors (Lipinski definition) is 5. The molecule has 0 saturated heterocycles. The van der Waals surface area contributed by atoms with Crippen LogP contribution >= 0.6 is 12.4 Å². The van der Waals surface area contributed by atoms with Crippen LogP contribution in [0.25, 0.3) is 10.9 Å². The number of amides is 1. The van der Waals surface area contributed by atoms with E-state index in [-0.39, 0.29) is 18.3 Å². The molecule has 0 bridgehead atoms. The minimum atomic E-state index is -0.252. The topological polar surface area (TPSA) is 85.5 Å². The Balaban J connectivity index is 0.00000231. The van der Waals surface area contributed by atoms with Gasteiger partial charge in [0.05, 0.1) is 25.1 Å². The van der Waals surface area contributed by atoms with Crippen LogP contribution in [0.3, 0.4) is 0 Å². The summed E-state index contributed by atoms with van der Waals surface area (Å²) in [5.41, 5.74) is 2.05. The Bertz CT molecular complexity index is 1210. The number of benzene rings is 2. The summed E-state index contributed by atoms with van der Waals surface area (Å²) in [4.78, 5) is 20.1. The molecular weight excluding hydrogens is 418 g/mol. The Morgan fingerprint density at radius 1 is 1.03 bits per heavy atom. The number of carbonyl (C=O) groups is 1. The van der Waals surface area contributed by atoms with Crippen molar-refractivity contribution in [2.45, 2.75) is 6.42 Å². The number of aromatic amines is 1. The third-order valence-electron chi connectivity index (χ3n) is 4.77. The zero-order chi connectivity index (χ0) is 20.3. The van der Waals surface area contributed by atoms with Crippen LogP contribution in [0.5, 0.6) is 23.1 Å². The number of nitrogens with zero attached hydrogens (tertiary/aromatic N) is 1. The molecule has 1 aliphatic rings. The highest BCUT2D eigenvalue weighted by Gasteiger charge is 2.14. The lowest BCUT2D eigenvalue weighted by Crippen LogP contribution is -2.12. The summed E-state index contributed by atoms with van der Waals surface area (Å²) in [6, 6.07) is 16.4. The molecule has 0 fully saturated rings. The van der Waals surface area contributed by atoms with Gasteiger partial charge in [0.25, 0.3) is 5.91 Å². The molecule has 1 aliphatic heterocycles. The van der Waals surface area contributed by atoms with Crippen LogP contribution in [0.15, 0.2) is 67.0 Å². The van der Waals surface area contributed by atoms with Crippen molar-refractivity contribution < 1.29 is 19.0 Å². The fraction of sp³-hybridized carbons (Fsp3) is 0.130. The third kappa shape index (κ3) is 4.41. The summed E-state index contributed by atoms with van der Waals surface area (Å²) < 4.78 is 17.1. The molecule has 7 nitrogen and oxygen atoms in total. The molecule has 8 heteroatoms. The molecule has 0 radical (unpaired) electrons. The predicted octanol–water partition coefficient (Wildman–Crippen LogP) is 5.19. The first-order chi connectivity index (χ1) is 14.8. The van der Waals surface area contributed by atoms with Crippen molar-refractivity contribution in [1.29, 1.82) is 0 Å². The number of carbonyl (C=O) groups excluding carboxylic acids is 1. The lowest BCUT2D eigenvalue weighted by molar-refractivity contribution is 0.102. The van der Waals surface area contributed by atoms with E-state index in [1.54, 1.807) is 36.5 Å². The first-order valence-corrected chi connectivity index (χ1v) is 9.67. The van der Waals surface area contributed by atoms with Crippen LogP contribution in [0.4, 0.5) is 5.69 Å². The van der Waals surface area contributed by atoms with Crippen molar-refractivity contribution >= 4 is 34.9 Å². The zero-order valence-electron chi connectivity index (χ0n) is 16.5. The first kappa shape index (κ1) is 20.6. The van der Waals surface area contributed by atoms with Crippen LogP contribution in [-0.2, 0) is 0 Å². The summed E-state index contributed by atoms with van der Waals surface area (Å²) in [7, 11) is 0. The summed E-state index contributed by atoms with van der Waals surface area (Å²) in [5.74, 6) is 2.14. The maximum atomic E-state index is 12.6. The van der Waals surface area contributed by atoms with Gasteiger partial charge in [-0.3, -0.25) is 4.79 Å². The molecule has 2 N–H and O–H groups in total. The van der Waals surface area contributed by atoms with Crippen molar-refractivity contribution in [2.24, 2.45) is 0 Å². The van der Waals surface area contributed by atoms with Gasteiger partial charge in [0.2, 0.25) is 5.88 Å². The maximum Gasteiger partial charge on any atom is 0.255 e. The zero-order valence-corrected chi connectivity index (χ0v) is 17.3. The van der Waals surface area contributed by atoms with Gasteiger partial charge in [0, 0.05) is 35.2 Å². The lowest BCUT2D eigenvalue weighted by Gasteiger charge is -2.10. The molecule has 0 aliphatic carbocycles. The minimum Gasteiger partial charge on any atom is -0.490 e. The van der Waals surface area contributed by atoms with Crippen molar-refractivity contribution in [3.05, 3.63) is 72.6 Å². The number of ether oxygens (including phenoxy) is 3. The van der Waals surface area contributed by atoms with Gasteiger partial charge in [0.1, 0.15) is 5.75 Å². The molecule has 4 aromatic rings. The second-order valence-corrected chi connectivity index (χ2v) is 6.85. The standard InChI is InChI=1S/C23H19N3O4.ClH/c27-23(15-5-7-20-21(13-15)29-12-2-11-28-20)26-16-6-8-22(25-14-16)30-19-4-1-3-18-17(19)9-10-24-18;/h1,3-10,13-14,24H,2,11-12H2,(H,26,27);1H. The van der Waals surface area contributed by atoms with Gasteiger partial charge in [-0.05, 0) is 42.5 Å². The summed E-state index contributed by atoms with van der Waals surface area (Å²) in [5, 5.41) is 3.82. The second kappa shape index (κ2) is 8.97. The lowest BCUT2D eigenvalue weighted by atomic mass is 10.2. The Labute approximate surface area is 184 Å². The van der Waals surface area contributed by atoms with E-state index in [1.165, 1.54) is 0 Å². The average molecular weight is 438 g/mol. The Morgan fingerprint density at radius 3 is 2.74 bits per heavy atom. The van der Waals surface area contributed by atoms with Gasteiger partial charge in [-0.15, -0.1) is 12.4 Å². The largest absolute Gasteiger partial charge is 0.490 e. The molecule has 2 aromatic heterocycles. The Morgan fingerprint density at radius 2 is 1.90 bits per heavy atom. The third-order valence-corrected chi connectivity index (χ3v) is 4.77. The summed E-state index contributed by atoms with van der Waals surface area (Å²) in [6.07, 6.45) is 4.24. The minimum absolute atomic E-state index is 0. The number of halogens is 1. The molecule has 0 atom stereocenters. The molecule has 0 spiro atoms. The van der Waals surface area contributed by atoms with Gasteiger partial charge in [-0.1, -0.05) is 6.07 Å². The monoisotopic (exact) mass is 437 g/mol. The van der Waals surface area contributed by atoms with E-state index < -0.39 is 0 Å². The Kier molecular flexibility index (Phi) is 5.95. The first-order valence-electron chi connectivity index (χ1n) is 9.67. The van der Waals surface area contributed by atoms with Crippen molar-refractivity contribution in [3.8, 4) is 23.1 Å². The quantitative estimate of drug-likeness (QED) is 0.459. The summed E-state index contributed by atoms with van der Waals surface area (Å²) >= 11 is 0. The fourth-order valence-corrected chi connectivity index (χ4v) is 3.28. The molecule has 0 unspecified atom stereocenters. The fourth-order valence-electron chi connectivity index (χ4n) is 3.28. The molecule has 31 heavy (non-hydrogen) atoms. The van der Waals surface area contributed by atoms with E-state index in [4.69, 9.17) is 14.2 Å². The van der Waals surface area contributed by atoms with Crippen LogP contribution in [0.1, 0.15) is 16.8 Å². The van der Waals surface area contributed by atoms with E-state index in [0.717, 1.165) is 17.3 Å². The van der Waals surface area contributed by atoms with Gasteiger partial charge in [-0.2, -0.15) is 0 Å². The van der Waals surface area contributed by atoms with Gasteiger partial charge < -0.3 is 24.5 Å². The molecular formula is C23H20ClN3O4. The van der Waals surface area contributed by atoms with Gasteiger partial charge >= 0.3 is 0 Å². The number of pyridine rings is 1. The highest BCUT2D eigenvalue weighted by molar-refractivity contribution is 6.04. The molecule has 5 rings (SSSR count). The van der Waals surface area contributed by atoms with E-state index in [0.29, 0.717) is 47.6 Å². The maximum absolute atomic E-state index is 12.6. The number of hydrogen-bond donors (Lipinski definition) is 2. The molecule has 0 saturated carbocycles. The predicted molar refractivity (Wildman–Crippen MR) is 120 cm³/mol. The normalized spacial score (nSPS) is 12.5. The SMILES string of the molecule is Cl.O=C(Nc1ccc(Oc2cccc3[nH]ccc23)nc1)c1ccc2c(c1)OCCCO2. The number of nitrogens with one attached hydrogen (secondary N) is 2. The molecule has 3 heterocycles. The van der Waals surface area contributed by atoms with Crippen molar-refractivity contribution in [2.75, 3.05) is 18.5 Å². The van der Waals surface area contributed by atoms with Crippen molar-refractivity contribution in [1.82, 2.24) is 9.97 Å². The second-order valence-electron chi connectivity index (χ2n) is 6.85. The van der Waals surface area contributed by atoms with Crippen LogP contribution < -0.4 is 19.5 Å². The number of anilines is 1. The molecule has 2 aromatic carbocycles. The number of rotatable bonds is 4. The van der Waals surface area contributed by atoms with Crippen LogP contribution in [0, 0.1) is 0 Å². The molecule has 158 valence electrons. The average Bonchev–Trinajstić information content (AvgIpc) is 3.13. The number of aromatic nitrogens is 2. The van der Waals surface area contributed by atoms with Crippen LogP contribution in [-0.4, -0.2) is 29.1 Å². The molecule has 1 amide bonds. The highest BCUT2D eigenvalue weighted by Crippen LogP contribution is 2.31.